The van der Waals surface area contributed by atoms with Crippen molar-refractivity contribution in [2.45, 2.75) is 26.4 Å². The molecule has 1 aliphatic heterocycles. The predicted molar refractivity (Wildman–Crippen MR) is 97.2 cm³/mol. The van der Waals surface area contributed by atoms with Gasteiger partial charge in [-0.1, -0.05) is 6.07 Å². The molecule has 2 heterocycles. The molecular formula is C19H24N4O2. The van der Waals surface area contributed by atoms with E-state index in [1.54, 1.807) is 0 Å². The Hall–Kier alpha value is -2.63. The molecule has 1 aromatic carbocycles. The van der Waals surface area contributed by atoms with Crippen LogP contribution in [0.3, 0.4) is 0 Å². The lowest BCUT2D eigenvalue weighted by Gasteiger charge is -2.18. The summed E-state index contributed by atoms with van der Waals surface area (Å²) in [4.78, 5) is 25.2. The molecule has 1 atom stereocenters. The first-order valence-electron chi connectivity index (χ1n) is 8.48. The van der Waals surface area contributed by atoms with Gasteiger partial charge in [0.25, 0.3) is 5.91 Å². The third kappa shape index (κ3) is 4.07. The van der Waals surface area contributed by atoms with Gasteiger partial charge in [0, 0.05) is 49.7 Å². The van der Waals surface area contributed by atoms with Crippen LogP contribution < -0.4 is 9.64 Å². The van der Waals surface area contributed by atoms with Crippen LogP contribution in [-0.2, 0) is 0 Å². The van der Waals surface area contributed by atoms with Crippen molar-refractivity contribution in [1.82, 2.24) is 14.9 Å². The lowest BCUT2D eigenvalue weighted by molar-refractivity contribution is 0.0769. The van der Waals surface area contributed by atoms with Crippen LogP contribution in [0, 0.1) is 13.8 Å². The summed E-state index contributed by atoms with van der Waals surface area (Å²) >= 11 is 0. The second-order valence-electron chi connectivity index (χ2n) is 6.66. The summed E-state index contributed by atoms with van der Waals surface area (Å²) < 4.78 is 5.89. The molecule has 0 spiro atoms. The van der Waals surface area contributed by atoms with Crippen molar-refractivity contribution in [3.8, 4) is 6.01 Å². The van der Waals surface area contributed by atoms with Gasteiger partial charge in [-0.15, -0.1) is 0 Å². The monoisotopic (exact) mass is 340 g/mol. The fraction of sp³-hybridized carbons (Fsp3) is 0.421. The molecule has 0 aliphatic carbocycles. The summed E-state index contributed by atoms with van der Waals surface area (Å²) in [5.41, 5.74) is 3.49. The van der Waals surface area contributed by atoms with Crippen molar-refractivity contribution >= 4 is 11.6 Å². The topological polar surface area (TPSA) is 58.6 Å². The molecule has 1 saturated heterocycles. The zero-order valence-electron chi connectivity index (χ0n) is 15.2. The fourth-order valence-electron chi connectivity index (χ4n) is 3.00. The second kappa shape index (κ2) is 7.09. The smallest absolute Gasteiger partial charge is 0.317 e. The van der Waals surface area contributed by atoms with Crippen LogP contribution in [0.1, 0.15) is 28.2 Å². The van der Waals surface area contributed by atoms with E-state index in [9.17, 15) is 4.79 Å². The Morgan fingerprint density at radius 1 is 1.20 bits per heavy atom. The normalized spacial score (nSPS) is 16.8. The first-order valence-corrected chi connectivity index (χ1v) is 8.48. The maximum Gasteiger partial charge on any atom is 0.317 e. The van der Waals surface area contributed by atoms with Crippen LogP contribution in [0.15, 0.2) is 30.3 Å². The van der Waals surface area contributed by atoms with Crippen LogP contribution >= 0.6 is 0 Å². The van der Waals surface area contributed by atoms with Gasteiger partial charge in [-0.2, -0.15) is 0 Å². The Kier molecular flexibility index (Phi) is 4.88. The van der Waals surface area contributed by atoms with Crippen molar-refractivity contribution in [2.75, 3.05) is 32.1 Å². The van der Waals surface area contributed by atoms with E-state index in [0.29, 0.717) is 24.7 Å². The van der Waals surface area contributed by atoms with Crippen molar-refractivity contribution in [1.29, 1.82) is 0 Å². The van der Waals surface area contributed by atoms with E-state index in [1.807, 2.05) is 68.1 Å². The van der Waals surface area contributed by atoms with Crippen LogP contribution in [0.5, 0.6) is 6.01 Å². The van der Waals surface area contributed by atoms with Crippen LogP contribution in [-0.4, -0.2) is 54.1 Å². The molecule has 0 N–H and O–H groups in total. The number of aromatic nitrogens is 2. The molecular weight excluding hydrogens is 316 g/mol. The number of rotatable bonds is 4. The summed E-state index contributed by atoms with van der Waals surface area (Å²) in [6.45, 7) is 5.08. The van der Waals surface area contributed by atoms with E-state index in [4.69, 9.17) is 4.74 Å². The number of carbonyl (C=O) groups excluding carboxylic acids is 1. The van der Waals surface area contributed by atoms with E-state index < -0.39 is 0 Å². The summed E-state index contributed by atoms with van der Waals surface area (Å²) in [5, 5.41) is 0. The highest BCUT2D eigenvalue weighted by Crippen LogP contribution is 2.20. The number of likely N-dealkylation sites (tertiary alicyclic amines) is 1. The highest BCUT2D eigenvalue weighted by atomic mass is 16.5. The third-order valence-corrected chi connectivity index (χ3v) is 4.28. The SMILES string of the molecule is Cc1cc(C)nc(O[C@H]2CCN(C(=O)c3cccc(N(C)C)c3)C2)n1. The second-order valence-corrected chi connectivity index (χ2v) is 6.66. The quantitative estimate of drug-likeness (QED) is 0.856. The van der Waals surface area contributed by atoms with Gasteiger partial charge >= 0.3 is 6.01 Å². The average Bonchev–Trinajstić information content (AvgIpc) is 3.01. The van der Waals surface area contributed by atoms with Crippen molar-refractivity contribution in [3.63, 3.8) is 0 Å². The molecule has 1 fully saturated rings. The molecule has 3 rings (SSSR count). The number of ether oxygens (including phenoxy) is 1. The molecule has 1 amide bonds. The molecule has 0 saturated carbocycles. The molecule has 2 aromatic rings. The Balaban J connectivity index is 1.66. The minimum absolute atomic E-state index is 0.0381. The van der Waals surface area contributed by atoms with Gasteiger partial charge in [-0.25, -0.2) is 9.97 Å². The summed E-state index contributed by atoms with van der Waals surface area (Å²) in [6, 6.07) is 9.99. The Labute approximate surface area is 148 Å². The number of amides is 1. The van der Waals surface area contributed by atoms with Crippen molar-refractivity contribution < 1.29 is 9.53 Å². The number of anilines is 1. The number of benzene rings is 1. The molecule has 6 nitrogen and oxygen atoms in total. The zero-order chi connectivity index (χ0) is 18.0. The van der Waals surface area contributed by atoms with Gasteiger partial charge in [0.05, 0.1) is 6.54 Å². The van der Waals surface area contributed by atoms with E-state index in [0.717, 1.165) is 23.5 Å². The minimum atomic E-state index is -0.0674. The zero-order valence-corrected chi connectivity index (χ0v) is 15.2. The number of hydrogen-bond acceptors (Lipinski definition) is 5. The summed E-state index contributed by atoms with van der Waals surface area (Å²) in [5.74, 6) is 0.0381. The minimum Gasteiger partial charge on any atom is -0.458 e. The highest BCUT2D eigenvalue weighted by Gasteiger charge is 2.29. The molecule has 1 aliphatic rings. The Morgan fingerprint density at radius 3 is 2.60 bits per heavy atom. The lowest BCUT2D eigenvalue weighted by Crippen LogP contribution is -2.31. The van der Waals surface area contributed by atoms with Crippen molar-refractivity contribution in [2.24, 2.45) is 0 Å². The Bertz CT molecular complexity index is 756. The first kappa shape index (κ1) is 17.2. The van der Waals surface area contributed by atoms with Crippen molar-refractivity contribution in [3.05, 3.63) is 47.3 Å². The number of hydrogen-bond donors (Lipinski definition) is 0. The maximum absolute atomic E-state index is 12.7. The number of nitrogens with zero attached hydrogens (tertiary/aromatic N) is 4. The van der Waals surface area contributed by atoms with Gasteiger partial charge < -0.3 is 14.5 Å². The maximum atomic E-state index is 12.7. The van der Waals surface area contributed by atoms with Gasteiger partial charge in [0.2, 0.25) is 0 Å². The van der Waals surface area contributed by atoms with E-state index >= 15 is 0 Å². The summed E-state index contributed by atoms with van der Waals surface area (Å²) in [6.07, 6.45) is 0.720. The molecule has 25 heavy (non-hydrogen) atoms. The van der Waals surface area contributed by atoms with Crippen LogP contribution in [0.2, 0.25) is 0 Å². The fourth-order valence-corrected chi connectivity index (χ4v) is 3.00. The van der Waals surface area contributed by atoms with Crippen LogP contribution in [0.4, 0.5) is 5.69 Å². The number of carbonyl (C=O) groups is 1. The molecule has 6 heteroatoms. The van der Waals surface area contributed by atoms with E-state index in [1.165, 1.54) is 0 Å². The molecule has 132 valence electrons. The van der Waals surface area contributed by atoms with Gasteiger partial charge in [0.15, 0.2) is 0 Å². The van der Waals surface area contributed by atoms with Gasteiger partial charge in [0.1, 0.15) is 6.10 Å². The number of aryl methyl sites for hydroxylation is 2. The largest absolute Gasteiger partial charge is 0.458 e. The van der Waals surface area contributed by atoms with E-state index in [-0.39, 0.29) is 12.0 Å². The highest BCUT2D eigenvalue weighted by molar-refractivity contribution is 5.95. The molecule has 1 aromatic heterocycles. The first-order chi connectivity index (χ1) is 11.9. The Morgan fingerprint density at radius 2 is 1.92 bits per heavy atom. The lowest BCUT2D eigenvalue weighted by atomic mass is 10.1. The van der Waals surface area contributed by atoms with E-state index in [2.05, 4.69) is 9.97 Å². The summed E-state index contributed by atoms with van der Waals surface area (Å²) in [7, 11) is 3.93. The third-order valence-electron chi connectivity index (χ3n) is 4.28. The van der Waals surface area contributed by atoms with Gasteiger partial charge in [-0.3, -0.25) is 4.79 Å². The molecule has 0 unspecified atom stereocenters. The standard InChI is InChI=1S/C19H24N4O2/c1-13-10-14(2)21-19(20-13)25-17-8-9-23(12-17)18(24)15-6-5-7-16(11-15)22(3)4/h5-7,10-11,17H,8-9,12H2,1-4H3/t17-/m0/s1. The predicted octanol–water partition coefficient (Wildman–Crippen LogP) is 2.45. The molecule has 0 radical (unpaired) electrons. The molecule has 0 bridgehead atoms. The van der Waals surface area contributed by atoms with Gasteiger partial charge in [-0.05, 0) is 38.1 Å². The van der Waals surface area contributed by atoms with Crippen LogP contribution in [0.25, 0.3) is 0 Å². The average molecular weight is 340 g/mol.